The van der Waals surface area contributed by atoms with Gasteiger partial charge in [-0.25, -0.2) is 0 Å². The molecule has 21 heavy (non-hydrogen) atoms. The Labute approximate surface area is 124 Å². The highest BCUT2D eigenvalue weighted by Gasteiger charge is 2.24. The minimum absolute atomic E-state index is 0.00894. The number of nitrogens with two attached hydrogens (primary N) is 1. The van der Waals surface area contributed by atoms with Gasteiger partial charge in [0.15, 0.2) is 11.5 Å². The molecule has 0 radical (unpaired) electrons. The highest BCUT2D eigenvalue weighted by atomic mass is 16.6. The van der Waals surface area contributed by atoms with Crippen LogP contribution in [0.4, 0.5) is 0 Å². The van der Waals surface area contributed by atoms with Crippen LogP contribution in [0.15, 0.2) is 30.4 Å². The van der Waals surface area contributed by atoms with Crippen LogP contribution in [0.3, 0.4) is 0 Å². The molecule has 1 aromatic rings. The summed E-state index contributed by atoms with van der Waals surface area (Å²) in [6.07, 6.45) is 4.45. The lowest BCUT2D eigenvalue weighted by Gasteiger charge is -2.21. The van der Waals surface area contributed by atoms with Crippen molar-refractivity contribution in [3.63, 3.8) is 0 Å². The first-order valence-corrected chi connectivity index (χ1v) is 7.27. The number of amides is 1. The summed E-state index contributed by atoms with van der Waals surface area (Å²) in [5.41, 5.74) is 6.78. The minimum Gasteiger partial charge on any atom is -0.486 e. The van der Waals surface area contributed by atoms with Crippen LogP contribution in [0, 0.1) is 5.92 Å². The fourth-order valence-electron chi connectivity index (χ4n) is 2.65. The average Bonchev–Trinajstić information content (AvgIpc) is 2.93. The molecule has 1 heterocycles. The molecule has 1 amide bonds. The van der Waals surface area contributed by atoms with E-state index in [1.54, 1.807) is 0 Å². The van der Waals surface area contributed by atoms with Crippen molar-refractivity contribution >= 4 is 5.91 Å². The Hall–Kier alpha value is -2.01. The highest BCUT2D eigenvalue weighted by Crippen LogP contribution is 2.32. The third-order valence-electron chi connectivity index (χ3n) is 3.88. The van der Waals surface area contributed by atoms with E-state index in [0.717, 1.165) is 17.1 Å². The van der Waals surface area contributed by atoms with E-state index in [-0.39, 0.29) is 23.9 Å². The number of rotatable bonds is 3. The molecule has 0 aromatic heterocycles. The molecule has 3 atom stereocenters. The van der Waals surface area contributed by atoms with E-state index in [4.69, 9.17) is 15.2 Å². The predicted octanol–water partition coefficient (Wildman–Crippen LogP) is 1.54. The van der Waals surface area contributed by atoms with Gasteiger partial charge in [-0.2, -0.15) is 0 Å². The molecule has 3 N–H and O–H groups in total. The molecule has 3 rings (SSSR count). The Bertz CT molecular complexity index is 571. The van der Waals surface area contributed by atoms with E-state index in [2.05, 4.69) is 5.32 Å². The lowest BCUT2D eigenvalue weighted by atomic mass is 10.0. The van der Waals surface area contributed by atoms with Gasteiger partial charge in [0, 0.05) is 6.04 Å². The first-order chi connectivity index (χ1) is 10.1. The molecule has 5 heteroatoms. The monoisotopic (exact) mass is 288 g/mol. The number of fused-ring (bicyclic) bond motifs is 1. The van der Waals surface area contributed by atoms with E-state index in [1.807, 2.05) is 37.3 Å². The van der Waals surface area contributed by atoms with Crippen molar-refractivity contribution in [1.82, 2.24) is 5.32 Å². The fourth-order valence-corrected chi connectivity index (χ4v) is 2.65. The standard InChI is InChI=1S/C16H20N2O3/c1-10(18-16(19)12-2-4-13(17)8-12)11-3-5-14-15(9-11)21-7-6-20-14/h2-5,9-10,12-13H,6-8,17H2,1H3,(H,18,19). The molecule has 1 aromatic carbocycles. The van der Waals surface area contributed by atoms with Crippen LogP contribution < -0.4 is 20.5 Å². The molecule has 0 fully saturated rings. The smallest absolute Gasteiger partial charge is 0.227 e. The maximum absolute atomic E-state index is 12.2. The first kappa shape index (κ1) is 13.9. The van der Waals surface area contributed by atoms with Crippen molar-refractivity contribution in [2.45, 2.75) is 25.4 Å². The zero-order valence-corrected chi connectivity index (χ0v) is 12.0. The molecule has 0 saturated heterocycles. The molecule has 112 valence electrons. The summed E-state index contributed by atoms with van der Waals surface area (Å²) in [7, 11) is 0. The lowest BCUT2D eigenvalue weighted by Crippen LogP contribution is -2.32. The fraction of sp³-hybridized carbons (Fsp3) is 0.438. The van der Waals surface area contributed by atoms with Crippen molar-refractivity contribution in [2.75, 3.05) is 13.2 Å². The van der Waals surface area contributed by atoms with Gasteiger partial charge in [-0.3, -0.25) is 4.79 Å². The summed E-state index contributed by atoms with van der Waals surface area (Å²) < 4.78 is 11.1. The number of ether oxygens (including phenoxy) is 2. The zero-order chi connectivity index (χ0) is 14.8. The molecule has 3 unspecified atom stereocenters. The Kier molecular flexibility index (Phi) is 3.84. The lowest BCUT2D eigenvalue weighted by molar-refractivity contribution is -0.124. The number of carbonyl (C=O) groups excluding carboxylic acids is 1. The number of hydrogen-bond donors (Lipinski definition) is 2. The van der Waals surface area contributed by atoms with E-state index in [9.17, 15) is 4.79 Å². The molecule has 0 saturated carbocycles. The topological polar surface area (TPSA) is 73.6 Å². The summed E-state index contributed by atoms with van der Waals surface area (Å²) >= 11 is 0. The van der Waals surface area contributed by atoms with Gasteiger partial charge in [-0.15, -0.1) is 0 Å². The van der Waals surface area contributed by atoms with E-state index in [0.29, 0.717) is 19.6 Å². The Morgan fingerprint density at radius 3 is 2.76 bits per heavy atom. The number of nitrogens with one attached hydrogen (secondary N) is 1. The van der Waals surface area contributed by atoms with Gasteiger partial charge in [0.1, 0.15) is 13.2 Å². The summed E-state index contributed by atoms with van der Waals surface area (Å²) in [5, 5.41) is 3.02. The van der Waals surface area contributed by atoms with Gasteiger partial charge in [0.05, 0.1) is 12.0 Å². The minimum atomic E-state index is -0.125. The van der Waals surface area contributed by atoms with E-state index in [1.165, 1.54) is 0 Å². The van der Waals surface area contributed by atoms with Crippen LogP contribution >= 0.6 is 0 Å². The Morgan fingerprint density at radius 2 is 2.05 bits per heavy atom. The van der Waals surface area contributed by atoms with Crippen LogP contribution in [0.2, 0.25) is 0 Å². The highest BCUT2D eigenvalue weighted by molar-refractivity contribution is 5.81. The van der Waals surface area contributed by atoms with Crippen molar-refractivity contribution < 1.29 is 14.3 Å². The second kappa shape index (κ2) is 5.77. The zero-order valence-electron chi connectivity index (χ0n) is 12.0. The third-order valence-corrected chi connectivity index (χ3v) is 3.88. The van der Waals surface area contributed by atoms with Gasteiger partial charge < -0.3 is 20.5 Å². The third kappa shape index (κ3) is 3.03. The second-order valence-corrected chi connectivity index (χ2v) is 5.52. The van der Waals surface area contributed by atoms with Gasteiger partial charge in [-0.05, 0) is 31.0 Å². The van der Waals surface area contributed by atoms with E-state index < -0.39 is 0 Å². The Balaban J connectivity index is 1.66. The maximum atomic E-state index is 12.2. The van der Waals surface area contributed by atoms with E-state index >= 15 is 0 Å². The molecule has 5 nitrogen and oxygen atoms in total. The maximum Gasteiger partial charge on any atom is 0.227 e. The van der Waals surface area contributed by atoms with Crippen LogP contribution in [0.5, 0.6) is 11.5 Å². The molecular weight excluding hydrogens is 268 g/mol. The van der Waals surface area contributed by atoms with Crippen molar-refractivity contribution in [3.8, 4) is 11.5 Å². The normalized spacial score (nSPS) is 24.7. The van der Waals surface area contributed by atoms with Crippen LogP contribution in [0.1, 0.15) is 24.9 Å². The SMILES string of the molecule is CC(NC(=O)C1C=CC(N)C1)c1ccc2c(c1)OCCO2. The second-order valence-electron chi connectivity index (χ2n) is 5.52. The number of carbonyl (C=O) groups is 1. The van der Waals surface area contributed by atoms with Crippen LogP contribution in [0.25, 0.3) is 0 Å². The van der Waals surface area contributed by atoms with Crippen molar-refractivity contribution in [2.24, 2.45) is 11.7 Å². The van der Waals surface area contributed by atoms with Gasteiger partial charge in [-0.1, -0.05) is 18.2 Å². The number of hydrogen-bond acceptors (Lipinski definition) is 4. The molecule has 0 bridgehead atoms. The summed E-state index contributed by atoms with van der Waals surface area (Å²) in [6.45, 7) is 3.09. The van der Waals surface area contributed by atoms with Gasteiger partial charge in [0.2, 0.25) is 5.91 Å². The predicted molar refractivity (Wildman–Crippen MR) is 79.2 cm³/mol. The molecule has 2 aliphatic rings. The summed E-state index contributed by atoms with van der Waals surface area (Å²) in [5.74, 6) is 1.39. The largest absolute Gasteiger partial charge is 0.486 e. The quantitative estimate of drug-likeness (QED) is 0.827. The first-order valence-electron chi connectivity index (χ1n) is 7.27. The van der Waals surface area contributed by atoms with Crippen LogP contribution in [-0.4, -0.2) is 25.2 Å². The average molecular weight is 288 g/mol. The van der Waals surface area contributed by atoms with Gasteiger partial charge in [0.25, 0.3) is 0 Å². The van der Waals surface area contributed by atoms with Gasteiger partial charge >= 0.3 is 0 Å². The summed E-state index contributed by atoms with van der Waals surface area (Å²) in [4.78, 5) is 12.2. The number of benzene rings is 1. The van der Waals surface area contributed by atoms with Crippen molar-refractivity contribution in [3.05, 3.63) is 35.9 Å². The Morgan fingerprint density at radius 1 is 1.29 bits per heavy atom. The molecule has 1 aliphatic carbocycles. The van der Waals surface area contributed by atoms with Crippen molar-refractivity contribution in [1.29, 1.82) is 0 Å². The molecule has 1 aliphatic heterocycles. The molecular formula is C16H20N2O3. The molecule has 0 spiro atoms. The summed E-state index contributed by atoms with van der Waals surface area (Å²) in [6, 6.07) is 5.67. The van der Waals surface area contributed by atoms with Crippen LogP contribution in [-0.2, 0) is 4.79 Å².